The van der Waals surface area contributed by atoms with E-state index in [4.69, 9.17) is 0 Å². The van der Waals surface area contributed by atoms with Crippen molar-refractivity contribution >= 4 is 0 Å². The molecule has 0 fully saturated rings. The topological polar surface area (TPSA) is 40.5 Å². The molecule has 0 radical (unpaired) electrons. The zero-order chi connectivity index (χ0) is 17.9. The Morgan fingerprint density at radius 2 is 1.21 bits per heavy atom. The third-order valence-corrected chi connectivity index (χ3v) is 3.22. The average Bonchev–Trinajstić information content (AvgIpc) is 2.57. The van der Waals surface area contributed by atoms with Crippen LogP contribution in [0, 0.1) is 0 Å². The molecule has 134 valence electrons. The van der Waals surface area contributed by atoms with Crippen molar-refractivity contribution in [3.8, 4) is 0 Å². The highest BCUT2D eigenvalue weighted by molar-refractivity contribution is 5.13. The first-order chi connectivity index (χ1) is 11.7. The van der Waals surface area contributed by atoms with Crippen molar-refractivity contribution < 1.29 is 10.2 Å². The number of hydrogen-bond acceptors (Lipinski definition) is 2. The predicted octanol–water partition coefficient (Wildman–Crippen LogP) is 5.43. The van der Waals surface area contributed by atoms with E-state index in [-0.39, 0.29) is 0 Å². The first kappa shape index (κ1) is 22.4. The minimum absolute atomic E-state index is 0.441. The molecule has 2 heteroatoms. The van der Waals surface area contributed by atoms with Gasteiger partial charge in [0.15, 0.2) is 0 Å². The zero-order valence-corrected chi connectivity index (χ0v) is 15.2. The number of aliphatic hydroxyl groups excluding tert-OH is 2. The van der Waals surface area contributed by atoms with Gasteiger partial charge < -0.3 is 10.2 Å². The van der Waals surface area contributed by atoms with E-state index >= 15 is 0 Å². The standard InChI is InChI=1S/C22H34O2/c1-3-5-7-8-9-10-14-18-22(24)20-16-12-11-15-19-21(23)17-13-6-4-2/h6-8,10-16,19-24H,3-5,9,17-18H2,1-2H3/b8-7-,12-11+,13-6-,14-10-,19-15-,20-16+/t21-,22?/m0/s1. The molecule has 0 spiro atoms. The van der Waals surface area contributed by atoms with Crippen molar-refractivity contribution in [2.24, 2.45) is 0 Å². The summed E-state index contributed by atoms with van der Waals surface area (Å²) in [4.78, 5) is 0. The van der Waals surface area contributed by atoms with Crippen LogP contribution in [0.15, 0.2) is 72.9 Å². The lowest BCUT2D eigenvalue weighted by molar-refractivity contribution is 0.226. The Bertz CT molecular complexity index is 439. The molecule has 0 heterocycles. The second-order valence-electron chi connectivity index (χ2n) is 5.61. The number of hydrogen-bond donors (Lipinski definition) is 2. The molecule has 0 saturated heterocycles. The van der Waals surface area contributed by atoms with E-state index in [1.807, 2.05) is 42.5 Å². The summed E-state index contributed by atoms with van der Waals surface area (Å²) in [7, 11) is 0. The van der Waals surface area contributed by atoms with Gasteiger partial charge in [0.25, 0.3) is 0 Å². The highest BCUT2D eigenvalue weighted by atomic mass is 16.3. The van der Waals surface area contributed by atoms with Gasteiger partial charge in [-0.1, -0.05) is 93.2 Å². The molecule has 0 aliphatic heterocycles. The molecule has 0 bridgehead atoms. The van der Waals surface area contributed by atoms with Gasteiger partial charge in [-0.05, 0) is 32.1 Å². The van der Waals surface area contributed by atoms with Gasteiger partial charge in [-0.15, -0.1) is 0 Å². The minimum atomic E-state index is -0.459. The highest BCUT2D eigenvalue weighted by Crippen LogP contribution is 1.99. The van der Waals surface area contributed by atoms with E-state index in [1.165, 1.54) is 6.42 Å². The molecular formula is C22H34O2. The van der Waals surface area contributed by atoms with E-state index in [0.29, 0.717) is 12.8 Å². The van der Waals surface area contributed by atoms with Crippen LogP contribution < -0.4 is 0 Å². The van der Waals surface area contributed by atoms with Crippen LogP contribution in [0.5, 0.6) is 0 Å². The summed E-state index contributed by atoms with van der Waals surface area (Å²) >= 11 is 0. The molecule has 0 amide bonds. The first-order valence-electron chi connectivity index (χ1n) is 9.03. The number of aliphatic hydroxyl groups is 2. The summed E-state index contributed by atoms with van der Waals surface area (Å²) in [5.41, 5.74) is 0. The Morgan fingerprint density at radius 1 is 0.667 bits per heavy atom. The summed E-state index contributed by atoms with van der Waals surface area (Å²) < 4.78 is 0. The van der Waals surface area contributed by atoms with Crippen LogP contribution in [0.2, 0.25) is 0 Å². The van der Waals surface area contributed by atoms with Gasteiger partial charge in [0.05, 0.1) is 12.2 Å². The van der Waals surface area contributed by atoms with E-state index in [1.54, 1.807) is 12.2 Å². The smallest absolute Gasteiger partial charge is 0.0758 e. The largest absolute Gasteiger partial charge is 0.389 e. The maximum absolute atomic E-state index is 9.80. The number of allylic oxidation sites excluding steroid dienone is 8. The van der Waals surface area contributed by atoms with Gasteiger partial charge >= 0.3 is 0 Å². The summed E-state index contributed by atoms with van der Waals surface area (Å²) in [5, 5.41) is 19.5. The van der Waals surface area contributed by atoms with Crippen LogP contribution in [-0.4, -0.2) is 22.4 Å². The normalized spacial score (nSPS) is 16.0. The van der Waals surface area contributed by atoms with Gasteiger partial charge in [0.1, 0.15) is 0 Å². The molecular weight excluding hydrogens is 296 g/mol. The molecule has 2 atom stereocenters. The fourth-order valence-electron chi connectivity index (χ4n) is 1.86. The molecule has 24 heavy (non-hydrogen) atoms. The van der Waals surface area contributed by atoms with Crippen LogP contribution in [-0.2, 0) is 0 Å². The molecule has 0 aromatic carbocycles. The fourth-order valence-corrected chi connectivity index (χ4v) is 1.86. The van der Waals surface area contributed by atoms with E-state index in [0.717, 1.165) is 19.3 Å². The maximum atomic E-state index is 9.80. The van der Waals surface area contributed by atoms with Crippen LogP contribution in [0.1, 0.15) is 52.4 Å². The predicted molar refractivity (Wildman–Crippen MR) is 106 cm³/mol. The lowest BCUT2D eigenvalue weighted by atomic mass is 10.2. The Kier molecular flexibility index (Phi) is 16.5. The lowest BCUT2D eigenvalue weighted by Crippen LogP contribution is -1.98. The van der Waals surface area contributed by atoms with Crippen molar-refractivity contribution in [3.05, 3.63) is 72.9 Å². The quantitative estimate of drug-likeness (QED) is 0.349. The second-order valence-corrected chi connectivity index (χ2v) is 5.61. The van der Waals surface area contributed by atoms with Crippen LogP contribution in [0.4, 0.5) is 0 Å². The molecule has 2 N–H and O–H groups in total. The SMILES string of the molecule is CC/C=C\C[C@H](O)\C=C/C=C/C=C/C(O)C/C=C\C/C=C\CCC. The first-order valence-corrected chi connectivity index (χ1v) is 9.03. The van der Waals surface area contributed by atoms with Crippen molar-refractivity contribution in [1.29, 1.82) is 0 Å². The Morgan fingerprint density at radius 3 is 1.75 bits per heavy atom. The highest BCUT2D eigenvalue weighted by Gasteiger charge is 1.93. The van der Waals surface area contributed by atoms with E-state index < -0.39 is 12.2 Å². The number of unbranched alkanes of at least 4 members (excludes halogenated alkanes) is 1. The third-order valence-electron chi connectivity index (χ3n) is 3.22. The van der Waals surface area contributed by atoms with Gasteiger partial charge in [-0.3, -0.25) is 0 Å². The molecule has 0 aromatic heterocycles. The van der Waals surface area contributed by atoms with E-state index in [2.05, 4.69) is 32.1 Å². The summed E-state index contributed by atoms with van der Waals surface area (Å²) in [6.07, 6.45) is 28.0. The summed E-state index contributed by atoms with van der Waals surface area (Å²) in [6, 6.07) is 0. The zero-order valence-electron chi connectivity index (χ0n) is 15.2. The monoisotopic (exact) mass is 330 g/mol. The van der Waals surface area contributed by atoms with Crippen LogP contribution in [0.25, 0.3) is 0 Å². The van der Waals surface area contributed by atoms with Gasteiger partial charge in [0, 0.05) is 0 Å². The van der Waals surface area contributed by atoms with Crippen LogP contribution >= 0.6 is 0 Å². The second kappa shape index (κ2) is 17.7. The van der Waals surface area contributed by atoms with Gasteiger partial charge in [-0.25, -0.2) is 0 Å². The third kappa shape index (κ3) is 16.7. The Hall–Kier alpha value is -1.64. The molecule has 1 unspecified atom stereocenters. The molecule has 0 rings (SSSR count). The maximum Gasteiger partial charge on any atom is 0.0758 e. The molecule has 2 nitrogen and oxygen atoms in total. The lowest BCUT2D eigenvalue weighted by Gasteiger charge is -1.99. The van der Waals surface area contributed by atoms with E-state index in [9.17, 15) is 10.2 Å². The fraction of sp³-hybridized carbons (Fsp3) is 0.455. The molecule has 0 aliphatic rings. The van der Waals surface area contributed by atoms with Crippen molar-refractivity contribution in [1.82, 2.24) is 0 Å². The van der Waals surface area contributed by atoms with Crippen molar-refractivity contribution in [2.45, 2.75) is 64.6 Å². The average molecular weight is 331 g/mol. The summed E-state index contributed by atoms with van der Waals surface area (Å²) in [5.74, 6) is 0. The van der Waals surface area contributed by atoms with Crippen molar-refractivity contribution in [3.63, 3.8) is 0 Å². The Balaban J connectivity index is 3.87. The van der Waals surface area contributed by atoms with Crippen LogP contribution in [0.3, 0.4) is 0 Å². The molecule has 0 saturated carbocycles. The number of rotatable bonds is 13. The molecule has 0 aliphatic carbocycles. The molecule has 0 aromatic rings. The van der Waals surface area contributed by atoms with Gasteiger partial charge in [0.2, 0.25) is 0 Å². The minimum Gasteiger partial charge on any atom is -0.389 e. The van der Waals surface area contributed by atoms with Gasteiger partial charge in [-0.2, -0.15) is 0 Å². The van der Waals surface area contributed by atoms with Crippen molar-refractivity contribution in [2.75, 3.05) is 0 Å². The Labute approximate surface area is 148 Å². The summed E-state index contributed by atoms with van der Waals surface area (Å²) in [6.45, 7) is 4.24.